The van der Waals surface area contributed by atoms with Crippen LogP contribution < -0.4 is 0 Å². The average Bonchev–Trinajstić information content (AvgIpc) is 2.80. The highest BCUT2D eigenvalue weighted by Gasteiger charge is 2.17. The van der Waals surface area contributed by atoms with Crippen molar-refractivity contribution in [3.63, 3.8) is 0 Å². The van der Waals surface area contributed by atoms with Crippen molar-refractivity contribution in [2.24, 2.45) is 5.92 Å². The molecule has 0 aromatic carbocycles. The van der Waals surface area contributed by atoms with Crippen molar-refractivity contribution in [3.05, 3.63) is 12.9 Å². The van der Waals surface area contributed by atoms with E-state index in [1.165, 1.54) is 25.7 Å². The fourth-order valence-corrected chi connectivity index (χ4v) is 2.00. The zero-order valence-electron chi connectivity index (χ0n) is 8.22. The smallest absolute Gasteiger partial charge is 0.177 e. The summed E-state index contributed by atoms with van der Waals surface area (Å²) in [5.41, 5.74) is 0. The van der Waals surface area contributed by atoms with Crippen LogP contribution in [-0.2, 0) is 17.9 Å². The highest BCUT2D eigenvalue weighted by molar-refractivity contribution is 4.79. The Morgan fingerprint density at radius 3 is 2.93 bits per heavy atom. The van der Waals surface area contributed by atoms with Gasteiger partial charge in [-0.3, -0.25) is 0 Å². The molecule has 0 aliphatic heterocycles. The lowest BCUT2D eigenvalue weighted by Gasteiger charge is -2.09. The normalized spacial score (nSPS) is 17.8. The zero-order valence-corrected chi connectivity index (χ0v) is 8.22. The van der Waals surface area contributed by atoms with Crippen LogP contribution >= 0.6 is 0 Å². The third kappa shape index (κ3) is 2.09. The summed E-state index contributed by atoms with van der Waals surface area (Å²) in [6.45, 7) is 1.31. The lowest BCUT2D eigenvalue weighted by Crippen LogP contribution is -2.12. The Morgan fingerprint density at radius 2 is 2.21 bits per heavy atom. The quantitative estimate of drug-likeness (QED) is 0.723. The minimum Gasteiger partial charge on any atom is -0.371 e. The summed E-state index contributed by atoms with van der Waals surface area (Å²) < 4.78 is 6.61. The zero-order chi connectivity index (χ0) is 9.80. The summed E-state index contributed by atoms with van der Waals surface area (Å²) in [4.78, 5) is 0. The summed E-state index contributed by atoms with van der Waals surface area (Å²) in [5, 5.41) is 11.5. The summed E-state index contributed by atoms with van der Waals surface area (Å²) in [5.74, 6) is 1.51. The molecule has 1 aromatic heterocycles. The van der Waals surface area contributed by atoms with Crippen LogP contribution in [0.3, 0.4) is 0 Å². The molecule has 0 unspecified atom stereocenters. The van der Waals surface area contributed by atoms with Gasteiger partial charge in [0.1, 0.15) is 6.61 Å². The van der Waals surface area contributed by atoms with Crippen molar-refractivity contribution in [2.45, 2.75) is 38.8 Å². The second kappa shape index (κ2) is 4.50. The number of hydrogen-bond donors (Lipinski definition) is 0. The standard InChI is InChI=1S/C9H15N4O/c1-14-7-9-10-11-12-13(9)6-8-4-2-3-5-8/h8H,1-7H2. The van der Waals surface area contributed by atoms with Gasteiger partial charge in [-0.05, 0) is 29.2 Å². The molecule has 1 heterocycles. The van der Waals surface area contributed by atoms with Crippen LogP contribution in [0, 0.1) is 13.0 Å². The van der Waals surface area contributed by atoms with Crippen LogP contribution in [0.1, 0.15) is 31.5 Å². The van der Waals surface area contributed by atoms with Gasteiger partial charge in [0.05, 0.1) is 7.11 Å². The van der Waals surface area contributed by atoms with Crippen molar-refractivity contribution < 1.29 is 4.74 Å². The monoisotopic (exact) mass is 195 g/mol. The fourth-order valence-electron chi connectivity index (χ4n) is 2.00. The molecule has 2 rings (SSSR count). The molecule has 0 amide bonds. The molecule has 1 radical (unpaired) electrons. The minimum absolute atomic E-state index is 0.389. The summed E-state index contributed by atoms with van der Waals surface area (Å²) in [6, 6.07) is 0. The molecular weight excluding hydrogens is 180 g/mol. The maximum atomic E-state index is 4.78. The maximum absolute atomic E-state index is 4.78. The number of hydrogen-bond acceptors (Lipinski definition) is 4. The Kier molecular flexibility index (Phi) is 3.08. The highest BCUT2D eigenvalue weighted by Crippen LogP contribution is 2.25. The second-order valence-corrected chi connectivity index (χ2v) is 3.78. The number of nitrogens with zero attached hydrogens (tertiary/aromatic N) is 4. The van der Waals surface area contributed by atoms with Crippen molar-refractivity contribution in [2.75, 3.05) is 0 Å². The van der Waals surface area contributed by atoms with Crippen LogP contribution in [0.2, 0.25) is 0 Å². The number of rotatable bonds is 4. The van der Waals surface area contributed by atoms with Crippen LogP contribution in [-0.4, -0.2) is 20.2 Å². The Labute approximate surface area is 83.4 Å². The Hall–Kier alpha value is -0.970. The molecule has 0 bridgehead atoms. The first-order chi connectivity index (χ1) is 6.90. The lowest BCUT2D eigenvalue weighted by atomic mass is 10.1. The van der Waals surface area contributed by atoms with Crippen LogP contribution in [0.25, 0.3) is 0 Å². The van der Waals surface area contributed by atoms with Gasteiger partial charge in [0.25, 0.3) is 0 Å². The molecule has 0 atom stereocenters. The van der Waals surface area contributed by atoms with Crippen molar-refractivity contribution in [1.82, 2.24) is 20.2 Å². The Morgan fingerprint density at radius 1 is 1.43 bits per heavy atom. The van der Waals surface area contributed by atoms with E-state index < -0.39 is 0 Å². The molecule has 1 saturated carbocycles. The molecule has 77 valence electrons. The van der Waals surface area contributed by atoms with Gasteiger partial charge in [-0.2, -0.15) is 0 Å². The number of tetrazole rings is 1. The first-order valence-electron chi connectivity index (χ1n) is 5.02. The van der Waals surface area contributed by atoms with Gasteiger partial charge >= 0.3 is 0 Å². The Balaban J connectivity index is 1.96. The van der Waals surface area contributed by atoms with E-state index >= 15 is 0 Å². The largest absolute Gasteiger partial charge is 0.371 e. The van der Waals surface area contributed by atoms with Gasteiger partial charge < -0.3 is 4.74 Å². The molecule has 1 aliphatic rings. The lowest BCUT2D eigenvalue weighted by molar-refractivity contribution is 0.211. The molecule has 0 saturated heterocycles. The first kappa shape index (κ1) is 9.58. The van der Waals surface area contributed by atoms with Crippen LogP contribution in [0.4, 0.5) is 0 Å². The summed E-state index contributed by atoms with van der Waals surface area (Å²) in [6.07, 6.45) is 5.27. The van der Waals surface area contributed by atoms with Crippen molar-refractivity contribution >= 4 is 0 Å². The van der Waals surface area contributed by atoms with Gasteiger partial charge in [-0.25, -0.2) is 4.68 Å². The van der Waals surface area contributed by atoms with E-state index in [2.05, 4.69) is 22.6 Å². The summed E-state index contributed by atoms with van der Waals surface area (Å²) in [7, 11) is 3.32. The molecular formula is C9H15N4O. The first-order valence-corrected chi connectivity index (χ1v) is 5.02. The van der Waals surface area contributed by atoms with Gasteiger partial charge in [0.15, 0.2) is 5.82 Å². The van der Waals surface area contributed by atoms with Crippen molar-refractivity contribution in [3.8, 4) is 0 Å². The number of aromatic nitrogens is 4. The van der Waals surface area contributed by atoms with E-state index in [1.807, 2.05) is 4.68 Å². The van der Waals surface area contributed by atoms with E-state index in [4.69, 9.17) is 4.74 Å². The van der Waals surface area contributed by atoms with Crippen LogP contribution in [0.15, 0.2) is 0 Å². The van der Waals surface area contributed by atoms with E-state index in [0.29, 0.717) is 6.61 Å². The fraction of sp³-hybridized carbons (Fsp3) is 0.778. The molecule has 14 heavy (non-hydrogen) atoms. The van der Waals surface area contributed by atoms with E-state index in [1.54, 1.807) is 0 Å². The molecule has 5 nitrogen and oxygen atoms in total. The topological polar surface area (TPSA) is 52.8 Å². The molecule has 1 aliphatic carbocycles. The maximum Gasteiger partial charge on any atom is 0.177 e. The van der Waals surface area contributed by atoms with Gasteiger partial charge in [0.2, 0.25) is 0 Å². The molecule has 0 N–H and O–H groups in total. The predicted octanol–water partition coefficient (Wildman–Crippen LogP) is 1.17. The molecule has 5 heteroatoms. The SMILES string of the molecule is [CH2]OCc1nnnn1CC1CCCC1. The third-order valence-electron chi connectivity index (χ3n) is 2.74. The van der Waals surface area contributed by atoms with Gasteiger partial charge in [-0.1, -0.05) is 12.8 Å². The Bertz CT molecular complexity index is 280. The van der Waals surface area contributed by atoms with Gasteiger partial charge in [-0.15, -0.1) is 5.10 Å². The second-order valence-electron chi connectivity index (χ2n) is 3.78. The number of ether oxygens (including phenoxy) is 1. The average molecular weight is 195 g/mol. The summed E-state index contributed by atoms with van der Waals surface area (Å²) >= 11 is 0. The highest BCUT2D eigenvalue weighted by atomic mass is 16.5. The van der Waals surface area contributed by atoms with Crippen molar-refractivity contribution in [1.29, 1.82) is 0 Å². The molecule has 1 aromatic rings. The molecule has 1 fully saturated rings. The van der Waals surface area contributed by atoms with Gasteiger partial charge in [0, 0.05) is 6.54 Å². The van der Waals surface area contributed by atoms with E-state index in [-0.39, 0.29) is 0 Å². The van der Waals surface area contributed by atoms with E-state index in [0.717, 1.165) is 18.3 Å². The third-order valence-corrected chi connectivity index (χ3v) is 2.74. The predicted molar refractivity (Wildman–Crippen MR) is 49.9 cm³/mol. The minimum atomic E-state index is 0.389. The van der Waals surface area contributed by atoms with E-state index in [9.17, 15) is 0 Å². The molecule has 0 spiro atoms. The van der Waals surface area contributed by atoms with Crippen LogP contribution in [0.5, 0.6) is 0 Å².